The number of aliphatic hydroxyl groups is 1. The lowest BCUT2D eigenvalue weighted by atomic mass is 9.67. The van der Waals surface area contributed by atoms with Crippen LogP contribution in [-0.4, -0.2) is 16.7 Å². The van der Waals surface area contributed by atoms with Gasteiger partial charge in [0, 0.05) is 6.04 Å². The Bertz CT molecular complexity index is 167. The van der Waals surface area contributed by atoms with Gasteiger partial charge in [0.25, 0.3) is 0 Å². The van der Waals surface area contributed by atoms with Gasteiger partial charge in [-0.15, -0.1) is 0 Å². The molecule has 0 amide bonds. The van der Waals surface area contributed by atoms with Crippen molar-refractivity contribution >= 4 is 0 Å². The van der Waals surface area contributed by atoms with Crippen molar-refractivity contribution in [1.82, 2.24) is 0 Å². The third kappa shape index (κ3) is 1.80. The van der Waals surface area contributed by atoms with Crippen molar-refractivity contribution in [2.45, 2.75) is 58.1 Å². The van der Waals surface area contributed by atoms with Gasteiger partial charge in [0.05, 0.1) is 5.60 Å². The fraction of sp³-hybridized carbons (Fsp3) is 1.00. The maximum atomic E-state index is 10.1. The van der Waals surface area contributed by atoms with E-state index in [-0.39, 0.29) is 6.04 Å². The quantitative estimate of drug-likeness (QED) is 0.630. The highest BCUT2D eigenvalue weighted by Crippen LogP contribution is 2.40. The predicted octanol–water partition coefficient (Wildman–Crippen LogP) is 1.66. The van der Waals surface area contributed by atoms with E-state index >= 15 is 0 Å². The first kappa shape index (κ1) is 10.0. The minimum absolute atomic E-state index is 0.0359. The Balaban J connectivity index is 2.65. The van der Waals surface area contributed by atoms with Crippen LogP contribution in [0.2, 0.25) is 0 Å². The average molecular weight is 171 g/mol. The molecule has 0 aliphatic heterocycles. The molecule has 0 saturated heterocycles. The number of hydrogen-bond acceptors (Lipinski definition) is 2. The summed E-state index contributed by atoms with van der Waals surface area (Å²) in [5, 5.41) is 10.1. The second-order valence-corrected chi connectivity index (χ2v) is 4.93. The summed E-state index contributed by atoms with van der Waals surface area (Å²) in [6.45, 7) is 6.46. The van der Waals surface area contributed by atoms with Crippen LogP contribution in [0.1, 0.15) is 46.5 Å². The Labute approximate surface area is 75.2 Å². The van der Waals surface area contributed by atoms with Crippen molar-refractivity contribution in [3.63, 3.8) is 0 Å². The van der Waals surface area contributed by atoms with Gasteiger partial charge in [-0.05, 0) is 31.1 Å². The van der Waals surface area contributed by atoms with Crippen LogP contribution >= 0.6 is 0 Å². The first-order chi connectivity index (χ1) is 5.40. The van der Waals surface area contributed by atoms with E-state index in [0.29, 0.717) is 5.41 Å². The summed E-state index contributed by atoms with van der Waals surface area (Å²) in [6, 6.07) is -0.0359. The highest BCUT2D eigenvalue weighted by atomic mass is 16.3. The van der Waals surface area contributed by atoms with E-state index in [0.717, 1.165) is 25.7 Å². The SMILES string of the molecule is CCC1(O)CCC(C)(C)CC1N. The van der Waals surface area contributed by atoms with Gasteiger partial charge in [-0.1, -0.05) is 20.8 Å². The van der Waals surface area contributed by atoms with E-state index in [4.69, 9.17) is 5.73 Å². The van der Waals surface area contributed by atoms with Crippen LogP contribution in [0.15, 0.2) is 0 Å². The average Bonchev–Trinajstić information content (AvgIpc) is 1.97. The summed E-state index contributed by atoms with van der Waals surface area (Å²) in [5.74, 6) is 0. The molecule has 0 radical (unpaired) electrons. The molecule has 1 fully saturated rings. The molecule has 2 heteroatoms. The van der Waals surface area contributed by atoms with Crippen LogP contribution in [0.4, 0.5) is 0 Å². The van der Waals surface area contributed by atoms with Crippen LogP contribution < -0.4 is 5.73 Å². The van der Waals surface area contributed by atoms with Gasteiger partial charge in [-0.2, -0.15) is 0 Å². The number of rotatable bonds is 1. The highest BCUT2D eigenvalue weighted by Gasteiger charge is 2.41. The molecule has 72 valence electrons. The van der Waals surface area contributed by atoms with Gasteiger partial charge in [0.15, 0.2) is 0 Å². The normalized spacial score (nSPS) is 41.2. The molecule has 12 heavy (non-hydrogen) atoms. The third-order valence-corrected chi connectivity index (χ3v) is 3.31. The fourth-order valence-corrected chi connectivity index (χ4v) is 2.07. The zero-order valence-corrected chi connectivity index (χ0v) is 8.43. The lowest BCUT2D eigenvalue weighted by Gasteiger charge is -2.44. The molecule has 1 aliphatic rings. The minimum Gasteiger partial charge on any atom is -0.388 e. The molecule has 0 aromatic heterocycles. The molecule has 0 aromatic rings. The van der Waals surface area contributed by atoms with Gasteiger partial charge in [-0.3, -0.25) is 0 Å². The van der Waals surface area contributed by atoms with Crippen LogP contribution in [0, 0.1) is 5.41 Å². The molecule has 1 rings (SSSR count). The molecule has 0 spiro atoms. The molecule has 3 N–H and O–H groups in total. The van der Waals surface area contributed by atoms with E-state index in [1.165, 1.54) is 0 Å². The zero-order chi connectivity index (χ0) is 9.41. The Morgan fingerprint density at radius 1 is 1.42 bits per heavy atom. The largest absolute Gasteiger partial charge is 0.388 e. The summed E-state index contributed by atoms with van der Waals surface area (Å²) < 4.78 is 0. The Kier molecular flexibility index (Phi) is 2.50. The molecule has 0 aromatic carbocycles. The van der Waals surface area contributed by atoms with Crippen LogP contribution in [0.3, 0.4) is 0 Å². The smallest absolute Gasteiger partial charge is 0.0795 e. The third-order valence-electron chi connectivity index (χ3n) is 3.31. The minimum atomic E-state index is -0.588. The Morgan fingerprint density at radius 2 is 2.00 bits per heavy atom. The van der Waals surface area contributed by atoms with Crippen LogP contribution in [-0.2, 0) is 0 Å². The van der Waals surface area contributed by atoms with Crippen LogP contribution in [0.5, 0.6) is 0 Å². The van der Waals surface area contributed by atoms with Crippen molar-refractivity contribution < 1.29 is 5.11 Å². The molecule has 1 saturated carbocycles. The van der Waals surface area contributed by atoms with Crippen LogP contribution in [0.25, 0.3) is 0 Å². The van der Waals surface area contributed by atoms with Gasteiger partial charge < -0.3 is 10.8 Å². The molecular weight excluding hydrogens is 150 g/mol. The van der Waals surface area contributed by atoms with Crippen molar-refractivity contribution in [1.29, 1.82) is 0 Å². The summed E-state index contributed by atoms with van der Waals surface area (Å²) in [6.07, 6.45) is 3.67. The topological polar surface area (TPSA) is 46.2 Å². The summed E-state index contributed by atoms with van der Waals surface area (Å²) in [4.78, 5) is 0. The van der Waals surface area contributed by atoms with E-state index in [2.05, 4.69) is 13.8 Å². The monoisotopic (exact) mass is 171 g/mol. The van der Waals surface area contributed by atoms with Crippen molar-refractivity contribution in [2.75, 3.05) is 0 Å². The highest BCUT2D eigenvalue weighted by molar-refractivity contribution is 4.97. The molecule has 1 aliphatic carbocycles. The summed E-state index contributed by atoms with van der Waals surface area (Å²) in [7, 11) is 0. The summed E-state index contributed by atoms with van der Waals surface area (Å²) in [5.41, 5.74) is 5.68. The van der Waals surface area contributed by atoms with E-state index in [1.807, 2.05) is 6.92 Å². The number of nitrogens with two attached hydrogens (primary N) is 1. The standard InChI is InChI=1S/C10H21NO/c1-4-10(12)6-5-9(2,3)7-8(10)11/h8,12H,4-7,11H2,1-3H3. The molecule has 2 unspecified atom stereocenters. The number of hydrogen-bond donors (Lipinski definition) is 2. The molecule has 0 bridgehead atoms. The molecular formula is C10H21NO. The van der Waals surface area contributed by atoms with Crippen molar-refractivity contribution in [3.8, 4) is 0 Å². The van der Waals surface area contributed by atoms with E-state index < -0.39 is 5.60 Å². The second-order valence-electron chi connectivity index (χ2n) is 4.93. The van der Waals surface area contributed by atoms with E-state index in [1.54, 1.807) is 0 Å². The van der Waals surface area contributed by atoms with Gasteiger partial charge in [0.1, 0.15) is 0 Å². The second kappa shape index (κ2) is 3.00. The van der Waals surface area contributed by atoms with Crippen molar-refractivity contribution in [3.05, 3.63) is 0 Å². The van der Waals surface area contributed by atoms with Gasteiger partial charge >= 0.3 is 0 Å². The maximum absolute atomic E-state index is 10.1. The molecule has 0 heterocycles. The van der Waals surface area contributed by atoms with E-state index in [9.17, 15) is 5.11 Å². The zero-order valence-electron chi connectivity index (χ0n) is 8.43. The fourth-order valence-electron chi connectivity index (χ4n) is 2.07. The Morgan fingerprint density at radius 3 is 2.42 bits per heavy atom. The van der Waals surface area contributed by atoms with Gasteiger partial charge in [0.2, 0.25) is 0 Å². The lowest BCUT2D eigenvalue weighted by Crippen LogP contribution is -2.53. The first-order valence-corrected chi connectivity index (χ1v) is 4.88. The molecule has 2 atom stereocenters. The Hall–Kier alpha value is -0.0800. The van der Waals surface area contributed by atoms with Crippen molar-refractivity contribution in [2.24, 2.45) is 11.1 Å². The summed E-state index contributed by atoms with van der Waals surface area (Å²) >= 11 is 0. The van der Waals surface area contributed by atoms with Gasteiger partial charge in [-0.25, -0.2) is 0 Å². The maximum Gasteiger partial charge on any atom is 0.0795 e. The predicted molar refractivity (Wildman–Crippen MR) is 50.8 cm³/mol. The molecule has 2 nitrogen and oxygen atoms in total. The first-order valence-electron chi connectivity index (χ1n) is 4.88. The lowest BCUT2D eigenvalue weighted by molar-refractivity contribution is -0.0462.